The maximum absolute atomic E-state index is 12.3. The number of hydrogen-bond donors (Lipinski definition) is 1. The number of anilines is 1. The topological polar surface area (TPSA) is 68.3 Å². The van der Waals surface area contributed by atoms with Crippen LogP contribution in [0.4, 0.5) is 19.0 Å². The lowest BCUT2D eigenvalue weighted by atomic mass is 10.3. The minimum absolute atomic E-state index is 0.0612. The number of nitrogens with one attached hydrogen (secondary N) is 1. The van der Waals surface area contributed by atoms with Crippen LogP contribution in [0.1, 0.15) is 5.69 Å². The van der Waals surface area contributed by atoms with Crippen LogP contribution < -0.4 is 4.72 Å². The summed E-state index contributed by atoms with van der Waals surface area (Å²) in [5, 5.41) is 0. The first kappa shape index (κ1) is 14.7. The molecular weight excluding hydrogens is 273 g/mol. The largest absolute Gasteiger partial charge is 0.433 e. The molecule has 18 heavy (non-hydrogen) atoms. The van der Waals surface area contributed by atoms with Crippen LogP contribution >= 0.6 is 0 Å². The van der Waals surface area contributed by atoms with Gasteiger partial charge in [-0.25, -0.2) is 13.4 Å². The molecule has 0 aliphatic rings. The number of aromatic nitrogens is 1. The number of rotatable bonds is 5. The Morgan fingerprint density at radius 1 is 1.39 bits per heavy atom. The number of methoxy groups -OCH3 is 1. The molecule has 0 radical (unpaired) electrons. The predicted molar refractivity (Wildman–Crippen MR) is 58.5 cm³/mol. The third-order valence-corrected chi connectivity index (χ3v) is 3.08. The maximum atomic E-state index is 12.3. The Morgan fingerprint density at radius 3 is 2.61 bits per heavy atom. The van der Waals surface area contributed by atoms with Crippen molar-refractivity contribution in [3.63, 3.8) is 0 Å². The van der Waals surface area contributed by atoms with Gasteiger partial charge in [-0.15, -0.1) is 0 Å². The zero-order chi connectivity index (χ0) is 13.8. The van der Waals surface area contributed by atoms with Crippen LogP contribution in [-0.4, -0.2) is 32.9 Å². The fraction of sp³-hybridized carbons (Fsp3) is 0.444. The molecule has 0 saturated carbocycles. The van der Waals surface area contributed by atoms with E-state index in [9.17, 15) is 21.6 Å². The van der Waals surface area contributed by atoms with E-state index in [2.05, 4.69) is 9.72 Å². The number of ether oxygens (including phenoxy) is 1. The average Bonchev–Trinajstić information content (AvgIpc) is 2.25. The van der Waals surface area contributed by atoms with Gasteiger partial charge in [-0.1, -0.05) is 6.07 Å². The van der Waals surface area contributed by atoms with E-state index in [4.69, 9.17) is 0 Å². The summed E-state index contributed by atoms with van der Waals surface area (Å²) in [4.78, 5) is 3.18. The lowest BCUT2D eigenvalue weighted by Crippen LogP contribution is -2.21. The predicted octanol–water partition coefficient (Wildman–Crippen LogP) is 1.49. The minimum Gasteiger partial charge on any atom is -0.384 e. The number of alkyl halides is 3. The molecule has 1 aromatic heterocycles. The van der Waals surface area contributed by atoms with Gasteiger partial charge in [-0.2, -0.15) is 13.2 Å². The van der Waals surface area contributed by atoms with E-state index >= 15 is 0 Å². The molecule has 1 heterocycles. The Labute approximate surface area is 102 Å². The maximum Gasteiger partial charge on any atom is 0.433 e. The number of sulfonamides is 1. The Balaban J connectivity index is 2.86. The summed E-state index contributed by atoms with van der Waals surface area (Å²) in [6.45, 7) is -0.0612. The molecule has 0 aliphatic heterocycles. The first-order valence-corrected chi connectivity index (χ1v) is 6.43. The first-order valence-electron chi connectivity index (χ1n) is 4.78. The summed E-state index contributed by atoms with van der Waals surface area (Å²) in [6.07, 6.45) is -4.62. The van der Waals surface area contributed by atoms with Crippen LogP contribution in [0.15, 0.2) is 18.2 Å². The van der Waals surface area contributed by atoms with Crippen molar-refractivity contribution in [1.29, 1.82) is 0 Å². The molecule has 0 aliphatic carbocycles. The number of pyridine rings is 1. The molecule has 0 unspecified atom stereocenters. The molecule has 0 amide bonds. The molecule has 0 aromatic carbocycles. The quantitative estimate of drug-likeness (QED) is 0.889. The van der Waals surface area contributed by atoms with Crippen molar-refractivity contribution in [2.75, 3.05) is 24.2 Å². The van der Waals surface area contributed by atoms with E-state index in [0.29, 0.717) is 0 Å². The smallest absolute Gasteiger partial charge is 0.384 e. The van der Waals surface area contributed by atoms with Gasteiger partial charge in [0.1, 0.15) is 11.5 Å². The van der Waals surface area contributed by atoms with Crippen molar-refractivity contribution < 1.29 is 26.3 Å². The number of halogens is 3. The van der Waals surface area contributed by atoms with Crippen LogP contribution in [-0.2, 0) is 20.9 Å². The summed E-state index contributed by atoms with van der Waals surface area (Å²) >= 11 is 0. The third kappa shape index (κ3) is 4.49. The molecule has 1 aromatic rings. The lowest BCUT2D eigenvalue weighted by molar-refractivity contribution is -0.141. The molecule has 0 saturated heterocycles. The van der Waals surface area contributed by atoms with Gasteiger partial charge in [0.05, 0.1) is 12.4 Å². The Hall–Kier alpha value is -1.35. The highest BCUT2D eigenvalue weighted by Crippen LogP contribution is 2.28. The normalized spacial score (nSPS) is 12.4. The first-order chi connectivity index (χ1) is 8.24. The second-order valence-corrected chi connectivity index (χ2v) is 5.16. The highest BCUT2D eigenvalue weighted by atomic mass is 32.2. The molecule has 0 fully saturated rings. The van der Waals surface area contributed by atoms with E-state index in [0.717, 1.165) is 18.2 Å². The Kier molecular flexibility index (Phi) is 4.52. The molecular formula is C9H11F3N2O3S. The third-order valence-electron chi connectivity index (χ3n) is 1.86. The standard InChI is InChI=1S/C9H11F3N2O3S/c1-17-5-6-18(15,16)14-8-4-2-3-7(13-8)9(10,11)12/h2-4H,5-6H2,1H3,(H,13,14). The van der Waals surface area contributed by atoms with Gasteiger partial charge in [0.15, 0.2) is 0 Å². The second-order valence-electron chi connectivity index (χ2n) is 3.32. The summed E-state index contributed by atoms with van der Waals surface area (Å²) in [5.74, 6) is -0.734. The molecule has 0 spiro atoms. The zero-order valence-corrected chi connectivity index (χ0v) is 10.2. The number of nitrogens with zero attached hydrogens (tertiary/aromatic N) is 1. The van der Waals surface area contributed by atoms with Gasteiger partial charge in [0, 0.05) is 7.11 Å². The van der Waals surface area contributed by atoms with Crippen molar-refractivity contribution in [3.8, 4) is 0 Å². The van der Waals surface area contributed by atoms with Crippen LogP contribution in [0, 0.1) is 0 Å². The molecule has 0 atom stereocenters. The van der Waals surface area contributed by atoms with Gasteiger partial charge in [-0.3, -0.25) is 4.72 Å². The van der Waals surface area contributed by atoms with E-state index in [1.807, 2.05) is 4.72 Å². The van der Waals surface area contributed by atoms with Crippen molar-refractivity contribution in [1.82, 2.24) is 4.98 Å². The lowest BCUT2D eigenvalue weighted by Gasteiger charge is -2.09. The fourth-order valence-corrected chi connectivity index (χ4v) is 1.97. The summed E-state index contributed by atoms with van der Waals surface area (Å²) in [7, 11) is -2.45. The van der Waals surface area contributed by atoms with Gasteiger partial charge in [0.2, 0.25) is 10.0 Å². The van der Waals surface area contributed by atoms with Crippen LogP contribution in [0.3, 0.4) is 0 Å². The monoisotopic (exact) mass is 284 g/mol. The van der Waals surface area contributed by atoms with Crippen LogP contribution in [0.25, 0.3) is 0 Å². The van der Waals surface area contributed by atoms with Crippen molar-refractivity contribution >= 4 is 15.8 Å². The molecule has 9 heteroatoms. The molecule has 5 nitrogen and oxygen atoms in total. The van der Waals surface area contributed by atoms with Gasteiger partial charge >= 0.3 is 6.18 Å². The Bertz CT molecular complexity index is 502. The van der Waals surface area contributed by atoms with Gasteiger partial charge < -0.3 is 4.74 Å². The summed E-state index contributed by atoms with van der Waals surface area (Å²) < 4.78 is 66.4. The van der Waals surface area contributed by atoms with Gasteiger partial charge in [-0.05, 0) is 12.1 Å². The van der Waals surface area contributed by atoms with Crippen molar-refractivity contribution in [2.45, 2.75) is 6.18 Å². The summed E-state index contributed by atoms with van der Waals surface area (Å²) in [6, 6.07) is 2.97. The van der Waals surface area contributed by atoms with Crippen molar-refractivity contribution in [3.05, 3.63) is 23.9 Å². The molecule has 102 valence electrons. The van der Waals surface area contributed by atoms with Crippen LogP contribution in [0.5, 0.6) is 0 Å². The van der Waals surface area contributed by atoms with Crippen LogP contribution in [0.2, 0.25) is 0 Å². The zero-order valence-electron chi connectivity index (χ0n) is 9.36. The minimum atomic E-state index is -4.62. The fourth-order valence-electron chi connectivity index (χ4n) is 1.05. The highest BCUT2D eigenvalue weighted by molar-refractivity contribution is 7.92. The van der Waals surface area contributed by atoms with E-state index in [1.165, 1.54) is 7.11 Å². The Morgan fingerprint density at radius 2 is 2.06 bits per heavy atom. The average molecular weight is 284 g/mol. The van der Waals surface area contributed by atoms with Gasteiger partial charge in [0.25, 0.3) is 0 Å². The van der Waals surface area contributed by atoms with E-state index < -0.39 is 21.9 Å². The highest BCUT2D eigenvalue weighted by Gasteiger charge is 2.32. The van der Waals surface area contributed by atoms with Crippen molar-refractivity contribution in [2.24, 2.45) is 0 Å². The van der Waals surface area contributed by atoms with E-state index in [1.54, 1.807) is 0 Å². The molecule has 1 rings (SSSR count). The summed E-state index contributed by atoms with van der Waals surface area (Å²) in [5.41, 5.74) is -1.16. The molecule has 0 bridgehead atoms. The second kappa shape index (κ2) is 5.53. The molecule has 1 N–H and O–H groups in total. The number of hydrogen-bond acceptors (Lipinski definition) is 4. The van der Waals surface area contributed by atoms with E-state index in [-0.39, 0.29) is 18.2 Å². The SMILES string of the molecule is COCCS(=O)(=O)Nc1cccc(C(F)(F)F)n1.